The summed E-state index contributed by atoms with van der Waals surface area (Å²) in [6.45, 7) is 5.42. The quantitative estimate of drug-likeness (QED) is 0.410. The zero-order valence-electron chi connectivity index (χ0n) is 2.73. The van der Waals surface area contributed by atoms with Gasteiger partial charge in [0.05, 0.1) is 0 Å². The molecule has 0 heterocycles. The van der Waals surface area contributed by atoms with E-state index in [0.29, 0.717) is 0 Å². The Bertz CT molecular complexity index is 8.00. The minimum Gasteiger partial charge on any atom is -0.176 e. The second kappa shape index (κ2) is 1.65. The molecule has 0 N–H and O–H groups in total. The summed E-state index contributed by atoms with van der Waals surface area (Å²) < 4.78 is 0. The summed E-state index contributed by atoms with van der Waals surface area (Å²) in [5.74, 6) is 0. The predicted octanol–water partition coefficient (Wildman–Crippen LogP) is 1.14. The number of rotatable bonds is 0. The summed E-state index contributed by atoms with van der Waals surface area (Å²) >= 11 is 3.85. The maximum Gasteiger partial charge on any atom is -0.00112 e. The van der Waals surface area contributed by atoms with Crippen LogP contribution in [0.1, 0.15) is 6.92 Å². The first kappa shape index (κ1) is 4.35. The lowest BCUT2D eigenvalue weighted by Gasteiger charge is -1.78. The molecule has 0 spiro atoms. The Kier molecular flexibility index (Phi) is 1.79. The third-order valence-electron chi connectivity index (χ3n) is 0. The van der Waals surface area contributed by atoms with Crippen molar-refractivity contribution in [2.24, 2.45) is 0 Å². The molecule has 0 nitrogen and oxygen atoms in total. The van der Waals surface area contributed by atoms with Crippen LogP contribution < -0.4 is 0 Å². The maximum atomic E-state index is 3.85. The fourth-order valence-corrected chi connectivity index (χ4v) is 0. The number of thiol groups is 1. The first-order chi connectivity index (χ1) is 1.73. The highest BCUT2D eigenvalue weighted by Gasteiger charge is 1.69. The van der Waals surface area contributed by atoms with Crippen molar-refractivity contribution in [2.45, 2.75) is 12.2 Å². The highest BCUT2D eigenvalue weighted by Crippen LogP contribution is 1.82. The van der Waals surface area contributed by atoms with Crippen molar-refractivity contribution >= 4 is 12.6 Å². The third-order valence-corrected chi connectivity index (χ3v) is 0. The standard InChI is InChI=1S/C3H7S/c1-3(2)4/h3-4H,1H2,2H3. The van der Waals surface area contributed by atoms with Crippen LogP contribution in [-0.2, 0) is 0 Å². The molecule has 0 aromatic rings. The Balaban J connectivity index is 2.32. The van der Waals surface area contributed by atoms with E-state index in [2.05, 4.69) is 19.6 Å². The molecule has 1 unspecified atom stereocenters. The molecule has 1 radical (unpaired) electrons. The second-order valence-corrected chi connectivity index (χ2v) is 1.73. The summed E-state index contributed by atoms with van der Waals surface area (Å²) in [6.07, 6.45) is 0. The smallest absolute Gasteiger partial charge is 0.00112 e. The van der Waals surface area contributed by atoms with Crippen molar-refractivity contribution < 1.29 is 0 Å². The molecule has 1 heteroatoms. The molecule has 25 valence electrons. The lowest BCUT2D eigenvalue weighted by Crippen LogP contribution is -1.72. The molecule has 0 aromatic heterocycles. The molecule has 1 atom stereocenters. The third kappa shape index (κ3) is 35.0. The van der Waals surface area contributed by atoms with Crippen LogP contribution in [0, 0.1) is 6.92 Å². The van der Waals surface area contributed by atoms with Crippen LogP contribution >= 0.6 is 12.6 Å². The van der Waals surface area contributed by atoms with E-state index < -0.39 is 0 Å². The Morgan fingerprint density at radius 2 is 2.00 bits per heavy atom. The van der Waals surface area contributed by atoms with Crippen molar-refractivity contribution in [3.05, 3.63) is 6.92 Å². The van der Waals surface area contributed by atoms with Crippen molar-refractivity contribution in [2.75, 3.05) is 0 Å². The summed E-state index contributed by atoms with van der Waals surface area (Å²) in [6, 6.07) is 0. The zero-order chi connectivity index (χ0) is 3.58. The van der Waals surface area contributed by atoms with Gasteiger partial charge in [-0.15, -0.1) is 0 Å². The van der Waals surface area contributed by atoms with Gasteiger partial charge in [0.1, 0.15) is 0 Å². The number of hydrogen-bond donors (Lipinski definition) is 1. The predicted molar refractivity (Wildman–Crippen MR) is 23.8 cm³/mol. The van der Waals surface area contributed by atoms with Gasteiger partial charge in [0, 0.05) is 0 Å². The van der Waals surface area contributed by atoms with Crippen LogP contribution in [0.3, 0.4) is 0 Å². The van der Waals surface area contributed by atoms with Crippen LogP contribution in [-0.4, -0.2) is 5.25 Å². The maximum absolute atomic E-state index is 3.85. The zero-order valence-corrected chi connectivity index (χ0v) is 3.63. The van der Waals surface area contributed by atoms with Gasteiger partial charge in [-0.05, 0) is 12.2 Å². The fraction of sp³-hybridized carbons (Fsp3) is 0.667. The van der Waals surface area contributed by atoms with E-state index in [0.717, 1.165) is 0 Å². The Morgan fingerprint density at radius 1 is 2.00 bits per heavy atom. The molecule has 0 aliphatic heterocycles. The van der Waals surface area contributed by atoms with E-state index in [-0.39, 0.29) is 5.25 Å². The van der Waals surface area contributed by atoms with Crippen LogP contribution in [0.25, 0.3) is 0 Å². The van der Waals surface area contributed by atoms with E-state index >= 15 is 0 Å². The molecule has 0 rings (SSSR count). The van der Waals surface area contributed by atoms with Crippen molar-refractivity contribution in [3.63, 3.8) is 0 Å². The molecule has 0 aromatic carbocycles. The topological polar surface area (TPSA) is 0 Å². The van der Waals surface area contributed by atoms with E-state index in [4.69, 9.17) is 0 Å². The molecule has 4 heavy (non-hydrogen) atoms. The lowest BCUT2D eigenvalue weighted by molar-refractivity contribution is 1.26. The van der Waals surface area contributed by atoms with Gasteiger partial charge in [-0.2, -0.15) is 12.6 Å². The van der Waals surface area contributed by atoms with Crippen LogP contribution in [0.15, 0.2) is 0 Å². The van der Waals surface area contributed by atoms with E-state index in [1.165, 1.54) is 0 Å². The second-order valence-electron chi connectivity index (χ2n) is 0.849. The normalized spacial score (nSPS) is 9.00. The average Bonchev–Trinajstić information content (AvgIpc) is 0.811. The first-order valence-electron chi connectivity index (χ1n) is 1.24. The SMILES string of the molecule is [CH2]C(C)S. The molecule has 0 saturated heterocycles. The molecule has 0 aliphatic carbocycles. The Morgan fingerprint density at radius 3 is 2.00 bits per heavy atom. The van der Waals surface area contributed by atoms with Gasteiger partial charge in [0.15, 0.2) is 0 Å². The summed E-state index contributed by atoms with van der Waals surface area (Å²) in [4.78, 5) is 0. The largest absolute Gasteiger partial charge is 0.176 e. The lowest BCUT2D eigenvalue weighted by atomic mass is 10.6. The number of hydrogen-bond acceptors (Lipinski definition) is 1. The van der Waals surface area contributed by atoms with Crippen molar-refractivity contribution in [1.29, 1.82) is 0 Å². The van der Waals surface area contributed by atoms with Crippen LogP contribution in [0.2, 0.25) is 0 Å². The molecular weight excluding hydrogens is 68.1 g/mol. The molecule has 0 fully saturated rings. The summed E-state index contributed by atoms with van der Waals surface area (Å²) in [5.41, 5.74) is 0. The van der Waals surface area contributed by atoms with Crippen molar-refractivity contribution in [3.8, 4) is 0 Å². The summed E-state index contributed by atoms with van der Waals surface area (Å²) in [5, 5.41) is 0.278. The fourth-order valence-electron chi connectivity index (χ4n) is 0. The summed E-state index contributed by atoms with van der Waals surface area (Å²) in [7, 11) is 0. The van der Waals surface area contributed by atoms with Gasteiger partial charge in [-0.1, -0.05) is 6.92 Å². The molecule has 0 aliphatic rings. The van der Waals surface area contributed by atoms with Crippen molar-refractivity contribution in [1.82, 2.24) is 0 Å². The molecule has 0 saturated carbocycles. The Labute approximate surface area is 32.6 Å². The van der Waals surface area contributed by atoms with Gasteiger partial charge in [-0.25, -0.2) is 0 Å². The van der Waals surface area contributed by atoms with Gasteiger partial charge < -0.3 is 0 Å². The average molecular weight is 75.2 g/mol. The van der Waals surface area contributed by atoms with E-state index in [9.17, 15) is 0 Å². The van der Waals surface area contributed by atoms with Gasteiger partial charge >= 0.3 is 0 Å². The molecule has 0 amide bonds. The minimum atomic E-state index is 0.278. The van der Waals surface area contributed by atoms with E-state index in [1.807, 2.05) is 6.92 Å². The first-order valence-corrected chi connectivity index (χ1v) is 1.76. The molecule has 0 bridgehead atoms. The monoisotopic (exact) mass is 75.0 g/mol. The highest BCUT2D eigenvalue weighted by molar-refractivity contribution is 7.81. The van der Waals surface area contributed by atoms with Gasteiger partial charge in [0.25, 0.3) is 0 Å². The van der Waals surface area contributed by atoms with Crippen LogP contribution in [0.4, 0.5) is 0 Å². The van der Waals surface area contributed by atoms with Gasteiger partial charge in [0.2, 0.25) is 0 Å². The van der Waals surface area contributed by atoms with Crippen LogP contribution in [0.5, 0.6) is 0 Å². The molecular formula is C3H7S. The highest BCUT2D eigenvalue weighted by atomic mass is 32.1. The Hall–Kier alpha value is 0.350. The van der Waals surface area contributed by atoms with Gasteiger partial charge in [-0.3, -0.25) is 0 Å². The minimum absolute atomic E-state index is 0.278. The van der Waals surface area contributed by atoms with E-state index in [1.54, 1.807) is 0 Å².